The van der Waals surface area contributed by atoms with Gasteiger partial charge in [-0.1, -0.05) is 0 Å². The highest BCUT2D eigenvalue weighted by molar-refractivity contribution is 7.80. The average molecular weight is 161 g/mol. The van der Waals surface area contributed by atoms with Crippen molar-refractivity contribution >= 4 is 23.0 Å². The third kappa shape index (κ3) is 2.02. The minimum atomic E-state index is -0.406. The second kappa shape index (κ2) is 3.61. The van der Waals surface area contributed by atoms with Gasteiger partial charge in [0.15, 0.2) is 5.05 Å². The molecule has 1 fully saturated rings. The maximum absolute atomic E-state index is 11.6. The molecule has 1 aliphatic heterocycles. The summed E-state index contributed by atoms with van der Waals surface area (Å²) in [6.45, 7) is 0.288. The van der Waals surface area contributed by atoms with Crippen LogP contribution in [0.5, 0.6) is 0 Å². The van der Waals surface area contributed by atoms with Crippen LogP contribution in [0, 0.1) is 0 Å². The minimum absolute atomic E-state index is 0.237. The van der Waals surface area contributed by atoms with E-state index in [-0.39, 0.29) is 6.54 Å². The fraction of sp³-hybridized carbons (Fsp3) is 0.667. The molecule has 0 radical (unpaired) electrons. The molecule has 2 nitrogen and oxygen atoms in total. The van der Waals surface area contributed by atoms with Crippen molar-refractivity contribution in [2.24, 2.45) is 4.99 Å². The van der Waals surface area contributed by atoms with Gasteiger partial charge in [-0.05, 0) is 12.2 Å². The molecule has 56 valence electrons. The molecule has 1 rings (SSSR count). The first-order valence-corrected chi connectivity index (χ1v) is 3.47. The highest BCUT2D eigenvalue weighted by atomic mass is 32.1. The van der Waals surface area contributed by atoms with Gasteiger partial charge in [0, 0.05) is 0 Å². The topological polar surface area (TPSA) is 21.6 Å². The standard InChI is InChI=1S/C6H8FNOS/c7-1-2-8-5-3-6(10)9-4-5/h1-4H2. The van der Waals surface area contributed by atoms with Crippen LogP contribution in [-0.2, 0) is 4.74 Å². The zero-order valence-electron chi connectivity index (χ0n) is 5.47. The summed E-state index contributed by atoms with van der Waals surface area (Å²) in [5.74, 6) is 0. The number of thiocarbonyl (C=S) groups is 1. The lowest BCUT2D eigenvalue weighted by molar-refractivity contribution is 0.389. The van der Waals surface area contributed by atoms with Crippen LogP contribution in [0.25, 0.3) is 0 Å². The first-order chi connectivity index (χ1) is 4.83. The molecule has 1 heterocycles. The van der Waals surface area contributed by atoms with Crippen molar-refractivity contribution in [1.82, 2.24) is 0 Å². The van der Waals surface area contributed by atoms with Crippen LogP contribution in [0.15, 0.2) is 4.99 Å². The number of rotatable bonds is 2. The zero-order chi connectivity index (χ0) is 7.40. The number of nitrogens with zero attached hydrogens (tertiary/aromatic N) is 1. The van der Waals surface area contributed by atoms with Crippen molar-refractivity contribution in [2.45, 2.75) is 6.42 Å². The van der Waals surface area contributed by atoms with Crippen LogP contribution in [0.3, 0.4) is 0 Å². The van der Waals surface area contributed by atoms with Crippen LogP contribution in [0.2, 0.25) is 0 Å². The Balaban J connectivity index is 2.36. The Bertz CT molecular complexity index is 169. The number of aliphatic imine (C=N–C) groups is 1. The molecule has 0 aromatic carbocycles. The van der Waals surface area contributed by atoms with E-state index in [1.807, 2.05) is 0 Å². The molecular formula is C6H8FNOS. The van der Waals surface area contributed by atoms with Crippen molar-refractivity contribution in [2.75, 3.05) is 19.8 Å². The molecule has 0 amide bonds. The van der Waals surface area contributed by atoms with Gasteiger partial charge >= 0.3 is 0 Å². The normalized spacial score (nSPS) is 21.7. The molecule has 0 aromatic heterocycles. The Kier molecular flexibility index (Phi) is 2.74. The van der Waals surface area contributed by atoms with Gasteiger partial charge in [0.05, 0.1) is 18.7 Å². The van der Waals surface area contributed by atoms with Crippen LogP contribution in [0.1, 0.15) is 6.42 Å². The molecule has 10 heavy (non-hydrogen) atoms. The largest absolute Gasteiger partial charge is 0.481 e. The first-order valence-electron chi connectivity index (χ1n) is 3.06. The van der Waals surface area contributed by atoms with E-state index in [1.54, 1.807) is 0 Å². The zero-order valence-corrected chi connectivity index (χ0v) is 6.29. The smallest absolute Gasteiger partial charge is 0.166 e. The molecule has 0 atom stereocenters. The summed E-state index contributed by atoms with van der Waals surface area (Å²) >= 11 is 4.75. The van der Waals surface area contributed by atoms with Crippen molar-refractivity contribution in [1.29, 1.82) is 0 Å². The Morgan fingerprint density at radius 1 is 1.70 bits per heavy atom. The lowest BCUT2D eigenvalue weighted by Gasteiger charge is -1.88. The van der Waals surface area contributed by atoms with Crippen molar-refractivity contribution in [3.63, 3.8) is 0 Å². The van der Waals surface area contributed by atoms with Crippen LogP contribution in [0.4, 0.5) is 4.39 Å². The molecule has 0 aliphatic carbocycles. The summed E-state index contributed by atoms with van der Waals surface area (Å²) in [5, 5.41) is 0.567. The van der Waals surface area contributed by atoms with Crippen molar-refractivity contribution < 1.29 is 9.13 Å². The predicted molar refractivity (Wildman–Crippen MR) is 41.4 cm³/mol. The minimum Gasteiger partial charge on any atom is -0.481 e. The highest BCUT2D eigenvalue weighted by Gasteiger charge is 2.13. The van der Waals surface area contributed by atoms with E-state index in [4.69, 9.17) is 17.0 Å². The van der Waals surface area contributed by atoms with Gasteiger partial charge in [-0.25, -0.2) is 4.39 Å². The molecular weight excluding hydrogens is 153 g/mol. The Morgan fingerprint density at radius 3 is 3.00 bits per heavy atom. The SMILES string of the molecule is FCCN=C1COC(=S)C1. The number of alkyl halides is 1. The molecule has 0 spiro atoms. The van der Waals surface area contributed by atoms with E-state index in [0.717, 1.165) is 5.71 Å². The quantitative estimate of drug-likeness (QED) is 0.566. The van der Waals surface area contributed by atoms with Crippen LogP contribution >= 0.6 is 12.2 Å². The molecule has 0 aromatic rings. The van der Waals surface area contributed by atoms with E-state index >= 15 is 0 Å². The second-order valence-electron chi connectivity index (χ2n) is 1.97. The van der Waals surface area contributed by atoms with Gasteiger partial charge in [-0.15, -0.1) is 0 Å². The van der Waals surface area contributed by atoms with Crippen molar-refractivity contribution in [3.05, 3.63) is 0 Å². The highest BCUT2D eigenvalue weighted by Crippen LogP contribution is 2.03. The molecule has 0 saturated carbocycles. The van der Waals surface area contributed by atoms with E-state index in [1.165, 1.54) is 0 Å². The average Bonchev–Trinajstić information content (AvgIpc) is 2.31. The van der Waals surface area contributed by atoms with E-state index in [0.29, 0.717) is 18.1 Å². The Labute approximate surface area is 64.1 Å². The second-order valence-corrected chi connectivity index (χ2v) is 2.43. The number of ether oxygens (including phenoxy) is 1. The molecule has 1 saturated heterocycles. The monoisotopic (exact) mass is 161 g/mol. The van der Waals surface area contributed by atoms with E-state index in [9.17, 15) is 4.39 Å². The molecule has 0 N–H and O–H groups in total. The fourth-order valence-corrected chi connectivity index (χ4v) is 0.960. The van der Waals surface area contributed by atoms with Gasteiger partial charge in [-0.3, -0.25) is 4.99 Å². The number of hydrogen-bond donors (Lipinski definition) is 0. The van der Waals surface area contributed by atoms with E-state index < -0.39 is 6.67 Å². The summed E-state index contributed by atoms with van der Waals surface area (Å²) in [5.41, 5.74) is 0.864. The Hall–Kier alpha value is -0.510. The van der Waals surface area contributed by atoms with Gasteiger partial charge in [-0.2, -0.15) is 0 Å². The van der Waals surface area contributed by atoms with Gasteiger partial charge in [0.1, 0.15) is 13.3 Å². The summed E-state index contributed by atoms with van der Waals surface area (Å²) in [6.07, 6.45) is 0.606. The third-order valence-electron chi connectivity index (χ3n) is 1.17. The number of hydrogen-bond acceptors (Lipinski definition) is 3. The summed E-state index contributed by atoms with van der Waals surface area (Å²) in [6, 6.07) is 0. The van der Waals surface area contributed by atoms with Crippen molar-refractivity contribution in [3.8, 4) is 0 Å². The number of halogens is 1. The fourth-order valence-electron chi connectivity index (χ4n) is 0.734. The maximum atomic E-state index is 11.6. The first kappa shape index (κ1) is 7.60. The lowest BCUT2D eigenvalue weighted by Crippen LogP contribution is -1.98. The summed E-state index contributed by atoms with van der Waals surface area (Å²) in [4.78, 5) is 3.92. The van der Waals surface area contributed by atoms with Crippen LogP contribution < -0.4 is 0 Å². The third-order valence-corrected chi connectivity index (χ3v) is 1.43. The lowest BCUT2D eigenvalue weighted by atomic mass is 10.3. The molecule has 0 bridgehead atoms. The van der Waals surface area contributed by atoms with E-state index in [2.05, 4.69) is 4.99 Å². The maximum Gasteiger partial charge on any atom is 0.166 e. The van der Waals surface area contributed by atoms with Gasteiger partial charge in [0.2, 0.25) is 0 Å². The Morgan fingerprint density at radius 2 is 2.50 bits per heavy atom. The summed E-state index contributed by atoms with van der Waals surface area (Å²) < 4.78 is 16.5. The summed E-state index contributed by atoms with van der Waals surface area (Å²) in [7, 11) is 0. The van der Waals surface area contributed by atoms with Gasteiger partial charge in [0.25, 0.3) is 0 Å². The predicted octanol–water partition coefficient (Wildman–Crippen LogP) is 1.14. The molecule has 0 unspecified atom stereocenters. The van der Waals surface area contributed by atoms with Gasteiger partial charge < -0.3 is 4.74 Å². The van der Waals surface area contributed by atoms with Crippen LogP contribution in [-0.4, -0.2) is 30.6 Å². The molecule has 4 heteroatoms. The molecule has 1 aliphatic rings.